The molecular weight excluding hydrogens is 230 g/mol. The molecule has 18 heavy (non-hydrogen) atoms. The Morgan fingerprint density at radius 2 is 2.33 bits per heavy atom. The molecule has 1 aliphatic rings. The van der Waals surface area contributed by atoms with Crippen LogP contribution in [0, 0.1) is 5.92 Å². The number of hydrogen-bond donors (Lipinski definition) is 1. The van der Waals surface area contributed by atoms with Crippen LogP contribution < -0.4 is 0 Å². The number of aliphatic hydroxyl groups excluding tert-OH is 1. The van der Waals surface area contributed by atoms with Crippen molar-refractivity contribution in [2.24, 2.45) is 13.0 Å². The number of aromatic nitrogens is 3. The van der Waals surface area contributed by atoms with E-state index in [1.165, 1.54) is 6.42 Å². The number of rotatable bonds is 4. The minimum Gasteiger partial charge on any atom is -0.463 e. The topological polar surface area (TPSA) is 64.1 Å². The summed E-state index contributed by atoms with van der Waals surface area (Å²) < 4.78 is 7.34. The molecule has 0 amide bonds. The molecule has 1 aliphatic carbocycles. The predicted octanol–water partition coefficient (Wildman–Crippen LogP) is 1.81. The van der Waals surface area contributed by atoms with Gasteiger partial charge in [-0.25, -0.2) is 0 Å². The third-order valence-electron chi connectivity index (χ3n) is 3.50. The average Bonchev–Trinajstić information content (AvgIpc) is 2.79. The van der Waals surface area contributed by atoms with Crippen molar-refractivity contribution in [3.8, 4) is 0 Å². The van der Waals surface area contributed by atoms with Gasteiger partial charge in [-0.2, -0.15) is 0 Å². The molecule has 0 bridgehead atoms. The lowest BCUT2D eigenvalue weighted by Crippen LogP contribution is -2.00. The van der Waals surface area contributed by atoms with E-state index >= 15 is 0 Å². The molecular formula is C13H17N3O2. The SMILES string of the molecule is CC1CC1c1ccc(C(O)Cc2cn(C)nn2)o1. The average molecular weight is 247 g/mol. The van der Waals surface area contributed by atoms with Gasteiger partial charge < -0.3 is 9.52 Å². The molecule has 5 heteroatoms. The summed E-state index contributed by atoms with van der Waals surface area (Å²) in [7, 11) is 1.81. The van der Waals surface area contributed by atoms with Crippen molar-refractivity contribution in [3.63, 3.8) is 0 Å². The standard InChI is InChI=1S/C13H17N3O2/c1-8-5-10(8)12-3-4-13(18-12)11(17)6-9-7-16(2)15-14-9/h3-4,7-8,10-11,17H,5-6H2,1-2H3. The number of aliphatic hydroxyl groups is 1. The van der Waals surface area contributed by atoms with E-state index in [-0.39, 0.29) is 0 Å². The quantitative estimate of drug-likeness (QED) is 0.894. The van der Waals surface area contributed by atoms with Gasteiger partial charge in [0.25, 0.3) is 0 Å². The summed E-state index contributed by atoms with van der Waals surface area (Å²) in [5.74, 6) is 2.87. The molecule has 5 nitrogen and oxygen atoms in total. The third-order valence-corrected chi connectivity index (χ3v) is 3.50. The van der Waals surface area contributed by atoms with Crippen LogP contribution in [-0.4, -0.2) is 20.1 Å². The van der Waals surface area contributed by atoms with Gasteiger partial charge >= 0.3 is 0 Å². The molecule has 3 atom stereocenters. The number of nitrogens with zero attached hydrogens (tertiary/aromatic N) is 3. The molecule has 1 N–H and O–H groups in total. The second-order valence-electron chi connectivity index (χ2n) is 5.16. The first-order valence-corrected chi connectivity index (χ1v) is 6.26. The van der Waals surface area contributed by atoms with Gasteiger partial charge in [0.1, 0.15) is 17.6 Å². The third kappa shape index (κ3) is 2.18. The first-order chi connectivity index (χ1) is 8.63. The summed E-state index contributed by atoms with van der Waals surface area (Å²) in [6.07, 6.45) is 2.77. The smallest absolute Gasteiger partial charge is 0.133 e. The van der Waals surface area contributed by atoms with E-state index in [9.17, 15) is 5.11 Å². The van der Waals surface area contributed by atoms with E-state index in [4.69, 9.17) is 4.42 Å². The molecule has 0 aliphatic heterocycles. The maximum absolute atomic E-state index is 10.1. The monoisotopic (exact) mass is 247 g/mol. The zero-order valence-electron chi connectivity index (χ0n) is 10.6. The first-order valence-electron chi connectivity index (χ1n) is 6.26. The Morgan fingerprint density at radius 1 is 1.56 bits per heavy atom. The van der Waals surface area contributed by atoms with Crippen LogP contribution in [0.25, 0.3) is 0 Å². The van der Waals surface area contributed by atoms with Crippen LogP contribution in [0.15, 0.2) is 22.7 Å². The summed E-state index contributed by atoms with van der Waals surface area (Å²) in [6.45, 7) is 2.21. The largest absolute Gasteiger partial charge is 0.463 e. The van der Waals surface area contributed by atoms with Gasteiger partial charge in [0.2, 0.25) is 0 Å². The molecule has 1 saturated carbocycles. The second-order valence-corrected chi connectivity index (χ2v) is 5.16. The highest BCUT2D eigenvalue weighted by Crippen LogP contribution is 2.47. The van der Waals surface area contributed by atoms with Gasteiger partial charge in [0.15, 0.2) is 0 Å². The number of furan rings is 1. The zero-order chi connectivity index (χ0) is 12.7. The highest BCUT2D eigenvalue weighted by molar-refractivity contribution is 5.19. The summed E-state index contributed by atoms with van der Waals surface area (Å²) in [4.78, 5) is 0. The van der Waals surface area contributed by atoms with Gasteiger partial charge in [-0.3, -0.25) is 4.68 Å². The van der Waals surface area contributed by atoms with Crippen LogP contribution in [0.3, 0.4) is 0 Å². The van der Waals surface area contributed by atoms with Crippen LogP contribution in [0.2, 0.25) is 0 Å². The molecule has 2 heterocycles. The fraction of sp³-hybridized carbons (Fsp3) is 0.538. The maximum atomic E-state index is 10.1. The molecule has 3 unspecified atom stereocenters. The summed E-state index contributed by atoms with van der Waals surface area (Å²) in [5, 5.41) is 17.9. The Bertz CT molecular complexity index is 546. The Hall–Kier alpha value is -1.62. The van der Waals surface area contributed by atoms with Crippen LogP contribution in [-0.2, 0) is 13.5 Å². The minimum atomic E-state index is -0.649. The molecule has 0 radical (unpaired) electrons. The molecule has 2 aromatic heterocycles. The molecule has 96 valence electrons. The van der Waals surface area contributed by atoms with Gasteiger partial charge in [-0.05, 0) is 24.5 Å². The van der Waals surface area contributed by atoms with Gasteiger partial charge in [-0.1, -0.05) is 12.1 Å². The van der Waals surface area contributed by atoms with Crippen LogP contribution in [0.5, 0.6) is 0 Å². The van der Waals surface area contributed by atoms with Crippen LogP contribution in [0.4, 0.5) is 0 Å². The normalized spacial score (nSPS) is 24.2. The highest BCUT2D eigenvalue weighted by atomic mass is 16.4. The molecule has 0 spiro atoms. The lowest BCUT2D eigenvalue weighted by Gasteiger charge is -2.04. The Labute approximate surface area is 105 Å². The molecule has 2 aromatic rings. The lowest BCUT2D eigenvalue weighted by atomic mass is 10.1. The summed E-state index contributed by atoms with van der Waals surface area (Å²) in [5.41, 5.74) is 0.766. The molecule has 1 fully saturated rings. The van der Waals surface area contributed by atoms with Crippen molar-refractivity contribution in [2.45, 2.75) is 31.8 Å². The van der Waals surface area contributed by atoms with E-state index in [1.807, 2.05) is 19.2 Å². The predicted molar refractivity (Wildman–Crippen MR) is 64.9 cm³/mol. The Balaban J connectivity index is 1.68. The van der Waals surface area contributed by atoms with Crippen molar-refractivity contribution in [1.82, 2.24) is 15.0 Å². The number of hydrogen-bond acceptors (Lipinski definition) is 4. The summed E-state index contributed by atoms with van der Waals surface area (Å²) >= 11 is 0. The second kappa shape index (κ2) is 4.24. The van der Waals surface area contributed by atoms with E-state index in [0.29, 0.717) is 24.0 Å². The Morgan fingerprint density at radius 3 is 2.94 bits per heavy atom. The zero-order valence-corrected chi connectivity index (χ0v) is 10.6. The van der Waals surface area contributed by atoms with Crippen molar-refractivity contribution >= 4 is 0 Å². The van der Waals surface area contributed by atoms with E-state index < -0.39 is 6.10 Å². The van der Waals surface area contributed by atoms with Gasteiger partial charge in [0.05, 0.1) is 5.69 Å². The van der Waals surface area contributed by atoms with Crippen molar-refractivity contribution < 1.29 is 9.52 Å². The van der Waals surface area contributed by atoms with Crippen molar-refractivity contribution in [3.05, 3.63) is 35.5 Å². The first kappa shape index (κ1) is 11.5. The van der Waals surface area contributed by atoms with E-state index in [0.717, 1.165) is 11.5 Å². The van der Waals surface area contributed by atoms with Crippen molar-refractivity contribution in [2.75, 3.05) is 0 Å². The van der Waals surface area contributed by atoms with Crippen molar-refractivity contribution in [1.29, 1.82) is 0 Å². The fourth-order valence-corrected chi connectivity index (χ4v) is 2.25. The molecule has 0 aromatic carbocycles. The maximum Gasteiger partial charge on any atom is 0.133 e. The molecule has 3 rings (SSSR count). The Kier molecular flexibility index (Phi) is 2.70. The lowest BCUT2D eigenvalue weighted by molar-refractivity contribution is 0.147. The molecule has 0 saturated heterocycles. The summed E-state index contributed by atoms with van der Waals surface area (Å²) in [6, 6.07) is 3.84. The van der Waals surface area contributed by atoms with Gasteiger partial charge in [0, 0.05) is 25.6 Å². The highest BCUT2D eigenvalue weighted by Gasteiger charge is 2.36. The minimum absolute atomic E-state index is 0.432. The van der Waals surface area contributed by atoms with Gasteiger partial charge in [-0.15, -0.1) is 5.10 Å². The number of aryl methyl sites for hydroxylation is 1. The van der Waals surface area contributed by atoms with Crippen LogP contribution in [0.1, 0.15) is 42.6 Å². The van der Waals surface area contributed by atoms with Crippen LogP contribution >= 0.6 is 0 Å². The van der Waals surface area contributed by atoms with E-state index in [2.05, 4.69) is 17.2 Å². The van der Waals surface area contributed by atoms with E-state index in [1.54, 1.807) is 10.9 Å². The fourth-order valence-electron chi connectivity index (χ4n) is 2.25.